The lowest BCUT2D eigenvalue weighted by Gasteiger charge is -2.23. The van der Waals surface area contributed by atoms with Gasteiger partial charge in [0.25, 0.3) is 0 Å². The Morgan fingerprint density at radius 2 is 2.16 bits per heavy atom. The van der Waals surface area contributed by atoms with Gasteiger partial charge < -0.3 is 9.64 Å². The lowest BCUT2D eigenvalue weighted by atomic mass is 10.2. The summed E-state index contributed by atoms with van der Waals surface area (Å²) in [7, 11) is 3.91. The van der Waals surface area contributed by atoms with Crippen LogP contribution in [0.25, 0.3) is 11.2 Å². The second kappa shape index (κ2) is 4.77. The molecule has 1 unspecified atom stereocenters. The number of hydrogen-bond donors (Lipinski definition) is 0. The molecule has 1 aliphatic rings. The third kappa shape index (κ3) is 2.16. The Hall–Kier alpha value is -1.69. The molecule has 0 spiro atoms. The minimum Gasteiger partial charge on any atom is -0.361 e. The van der Waals surface area contributed by atoms with Gasteiger partial charge in [0.15, 0.2) is 23.3 Å². The summed E-state index contributed by atoms with van der Waals surface area (Å²) in [6.45, 7) is 2.69. The van der Waals surface area contributed by atoms with E-state index in [0.717, 1.165) is 42.3 Å². The number of nitrogens with zero attached hydrogens (tertiary/aromatic N) is 5. The molecule has 0 saturated carbocycles. The highest BCUT2D eigenvalue weighted by atomic mass is 16.5. The van der Waals surface area contributed by atoms with Crippen molar-refractivity contribution in [2.24, 2.45) is 0 Å². The van der Waals surface area contributed by atoms with Gasteiger partial charge in [-0.05, 0) is 26.2 Å². The maximum absolute atomic E-state index is 5.79. The van der Waals surface area contributed by atoms with Crippen LogP contribution in [0.15, 0.2) is 0 Å². The molecule has 2 aromatic heterocycles. The number of fused-ring (bicyclic) bond motifs is 1. The number of rotatable bonds is 2. The fraction of sp³-hybridized carbons (Fsp3) is 0.615. The topological polar surface area (TPSA) is 56.1 Å². The van der Waals surface area contributed by atoms with Crippen molar-refractivity contribution in [3.05, 3.63) is 12.2 Å². The predicted molar refractivity (Wildman–Crippen MR) is 72.1 cm³/mol. The van der Waals surface area contributed by atoms with Crippen LogP contribution in [-0.4, -0.2) is 40.2 Å². The highest BCUT2D eigenvalue weighted by Crippen LogP contribution is 2.28. The van der Waals surface area contributed by atoms with E-state index in [2.05, 4.69) is 21.3 Å². The van der Waals surface area contributed by atoms with Crippen LogP contribution in [0.3, 0.4) is 0 Å². The maximum atomic E-state index is 5.79. The van der Waals surface area contributed by atoms with E-state index in [1.54, 1.807) is 0 Å². The lowest BCUT2D eigenvalue weighted by molar-refractivity contribution is -0.0302. The van der Waals surface area contributed by atoms with Crippen molar-refractivity contribution >= 4 is 17.0 Å². The maximum Gasteiger partial charge on any atom is 0.181 e. The van der Waals surface area contributed by atoms with E-state index < -0.39 is 0 Å². The molecule has 0 N–H and O–H groups in total. The van der Waals surface area contributed by atoms with Gasteiger partial charge in [-0.3, -0.25) is 4.57 Å². The minimum atomic E-state index is 0.00284. The first-order chi connectivity index (χ1) is 9.16. The number of aromatic nitrogens is 4. The minimum absolute atomic E-state index is 0.00284. The molecule has 0 amide bonds. The van der Waals surface area contributed by atoms with E-state index in [4.69, 9.17) is 4.74 Å². The summed E-state index contributed by atoms with van der Waals surface area (Å²) in [6.07, 6.45) is 6.30. The van der Waals surface area contributed by atoms with Gasteiger partial charge in [0.1, 0.15) is 12.1 Å². The normalized spacial score (nSPS) is 19.8. The molecule has 0 bridgehead atoms. The summed E-state index contributed by atoms with van der Waals surface area (Å²) in [5.74, 6) is 1.57. The number of hydrogen-bond acceptors (Lipinski definition) is 5. The first-order valence-electron chi connectivity index (χ1n) is 6.60. The molecule has 6 heteroatoms. The third-order valence-electron chi connectivity index (χ3n) is 3.32. The Kier molecular flexibility index (Phi) is 3.10. The third-order valence-corrected chi connectivity index (χ3v) is 3.32. The number of ether oxygens (including phenoxy) is 1. The van der Waals surface area contributed by atoms with E-state index >= 15 is 0 Å². The van der Waals surface area contributed by atoms with Crippen molar-refractivity contribution in [1.29, 1.82) is 0 Å². The van der Waals surface area contributed by atoms with Crippen LogP contribution in [0.1, 0.15) is 31.3 Å². The van der Waals surface area contributed by atoms with Crippen molar-refractivity contribution in [3.63, 3.8) is 0 Å². The van der Waals surface area contributed by atoms with Crippen LogP contribution in [0.2, 0.25) is 0 Å². The van der Waals surface area contributed by atoms with Crippen LogP contribution >= 0.6 is 0 Å². The fourth-order valence-electron chi connectivity index (χ4n) is 2.40. The zero-order valence-electron chi connectivity index (χ0n) is 11.6. The highest BCUT2D eigenvalue weighted by molar-refractivity contribution is 5.83. The Balaban J connectivity index is 2.11. The highest BCUT2D eigenvalue weighted by Gasteiger charge is 2.21. The molecule has 0 aromatic carbocycles. The average Bonchev–Trinajstić information content (AvgIpc) is 2.82. The molecule has 0 aliphatic carbocycles. The quantitative estimate of drug-likeness (QED) is 0.822. The van der Waals surface area contributed by atoms with Crippen LogP contribution in [-0.2, 0) is 4.74 Å². The van der Waals surface area contributed by atoms with Crippen LogP contribution in [0, 0.1) is 13.3 Å². The molecular formula is C13H18N5O. The summed E-state index contributed by atoms with van der Waals surface area (Å²) < 4.78 is 7.70. The zero-order valence-corrected chi connectivity index (χ0v) is 11.6. The molecule has 1 atom stereocenters. The van der Waals surface area contributed by atoms with Gasteiger partial charge in [-0.1, -0.05) is 0 Å². The van der Waals surface area contributed by atoms with Gasteiger partial charge in [-0.15, -0.1) is 0 Å². The Labute approximate surface area is 112 Å². The standard InChI is InChI=1S/C13H18N5O/c1-9-15-12(17(2)3)11-13(16-9)18(8-14-11)10-6-4-5-7-19-10/h10H,4-7H2,1-3H3. The van der Waals surface area contributed by atoms with E-state index in [9.17, 15) is 0 Å². The van der Waals surface area contributed by atoms with Gasteiger partial charge in [-0.2, -0.15) is 0 Å². The van der Waals surface area contributed by atoms with Crippen molar-refractivity contribution in [2.45, 2.75) is 32.4 Å². The van der Waals surface area contributed by atoms with E-state index in [1.807, 2.05) is 30.5 Å². The van der Waals surface area contributed by atoms with E-state index in [0.29, 0.717) is 0 Å². The SMILES string of the molecule is Cc1nc(N(C)C)c2n[c]n(C3CCCCO3)c2n1. The van der Waals surface area contributed by atoms with Crippen molar-refractivity contribution < 1.29 is 4.74 Å². The molecule has 1 radical (unpaired) electrons. The average molecular weight is 260 g/mol. The summed E-state index contributed by atoms with van der Waals surface area (Å²) in [5, 5.41) is 0. The summed E-state index contributed by atoms with van der Waals surface area (Å²) in [5.41, 5.74) is 1.59. The largest absolute Gasteiger partial charge is 0.361 e. The molecule has 19 heavy (non-hydrogen) atoms. The summed E-state index contributed by atoms with van der Waals surface area (Å²) in [6, 6.07) is 0. The molecule has 1 saturated heterocycles. The first kappa shape index (κ1) is 12.3. The second-order valence-electron chi connectivity index (χ2n) is 5.06. The van der Waals surface area contributed by atoms with Crippen molar-refractivity contribution in [2.75, 3.05) is 25.6 Å². The summed E-state index contributed by atoms with van der Waals surface area (Å²) >= 11 is 0. The number of imidazole rings is 1. The zero-order chi connectivity index (χ0) is 13.4. The Bertz CT molecular complexity index is 586. The molecular weight excluding hydrogens is 242 g/mol. The summed E-state index contributed by atoms with van der Waals surface area (Å²) in [4.78, 5) is 15.2. The molecule has 1 fully saturated rings. The molecule has 101 valence electrons. The van der Waals surface area contributed by atoms with Gasteiger partial charge >= 0.3 is 0 Å². The van der Waals surface area contributed by atoms with Crippen LogP contribution < -0.4 is 4.90 Å². The van der Waals surface area contributed by atoms with Crippen molar-refractivity contribution in [3.8, 4) is 0 Å². The van der Waals surface area contributed by atoms with Gasteiger partial charge in [0.2, 0.25) is 0 Å². The molecule has 3 heterocycles. The fourth-order valence-corrected chi connectivity index (χ4v) is 2.40. The van der Waals surface area contributed by atoms with Gasteiger partial charge in [-0.25, -0.2) is 15.0 Å². The molecule has 1 aliphatic heterocycles. The Morgan fingerprint density at radius 1 is 1.32 bits per heavy atom. The van der Waals surface area contributed by atoms with Gasteiger partial charge in [0.05, 0.1) is 0 Å². The van der Waals surface area contributed by atoms with E-state index in [-0.39, 0.29) is 6.23 Å². The van der Waals surface area contributed by atoms with Crippen molar-refractivity contribution in [1.82, 2.24) is 19.5 Å². The van der Waals surface area contributed by atoms with Crippen LogP contribution in [0.4, 0.5) is 5.82 Å². The Morgan fingerprint density at radius 3 is 2.84 bits per heavy atom. The van der Waals surface area contributed by atoms with Crippen LogP contribution in [0.5, 0.6) is 0 Å². The molecule has 6 nitrogen and oxygen atoms in total. The molecule has 3 rings (SSSR count). The first-order valence-corrected chi connectivity index (χ1v) is 6.60. The smallest absolute Gasteiger partial charge is 0.181 e. The number of aryl methyl sites for hydroxylation is 1. The number of anilines is 1. The second-order valence-corrected chi connectivity index (χ2v) is 5.06. The van der Waals surface area contributed by atoms with E-state index in [1.165, 1.54) is 6.42 Å². The van der Waals surface area contributed by atoms with Gasteiger partial charge in [0, 0.05) is 20.7 Å². The monoisotopic (exact) mass is 260 g/mol. The molecule has 2 aromatic rings. The predicted octanol–water partition coefficient (Wildman–Crippen LogP) is 1.70. The lowest BCUT2D eigenvalue weighted by Crippen LogP contribution is -2.18.